The van der Waals surface area contributed by atoms with Crippen LogP contribution in [0.1, 0.15) is 61.1 Å². The van der Waals surface area contributed by atoms with E-state index in [1.54, 1.807) is 0 Å². The molecule has 0 atom stereocenters. The molecule has 0 N–H and O–H groups in total. The Hall–Kier alpha value is -0.975. The van der Waals surface area contributed by atoms with Crippen LogP contribution in [0.5, 0.6) is 0 Å². The minimum atomic E-state index is 0. The zero-order valence-electron chi connectivity index (χ0n) is 13.7. The van der Waals surface area contributed by atoms with Crippen LogP contribution in [0.4, 0.5) is 0 Å². The summed E-state index contributed by atoms with van der Waals surface area (Å²) in [6.45, 7) is 15.6. The average Bonchev–Trinajstić information content (AvgIpc) is 2.40. The second-order valence-corrected chi connectivity index (χ2v) is 5.72. The summed E-state index contributed by atoms with van der Waals surface area (Å²) in [6.07, 6.45) is 2.79. The Morgan fingerprint density at radius 2 is 1.25 bits per heavy atom. The molecular formula is C19H31B. The van der Waals surface area contributed by atoms with Gasteiger partial charge in [0.15, 0.2) is 0 Å². The van der Waals surface area contributed by atoms with Crippen LogP contribution in [0, 0.1) is 34.6 Å². The molecule has 0 aromatic heterocycles. The second-order valence-electron chi connectivity index (χ2n) is 5.72. The lowest BCUT2D eigenvalue weighted by Gasteiger charge is -2.20. The lowest BCUT2D eigenvalue weighted by atomic mass is 9.84. The molecule has 0 aliphatic heterocycles. The molecule has 0 spiro atoms. The number of allylic oxidation sites excluding steroid dienone is 2. The van der Waals surface area contributed by atoms with Crippen molar-refractivity contribution in [3.8, 4) is 0 Å². The van der Waals surface area contributed by atoms with Crippen LogP contribution in [0.2, 0.25) is 6.32 Å². The molecule has 1 aromatic carbocycles. The van der Waals surface area contributed by atoms with Crippen molar-refractivity contribution in [1.29, 1.82) is 0 Å². The lowest BCUT2D eigenvalue weighted by Crippen LogP contribution is -2.04. The highest BCUT2D eigenvalue weighted by Gasteiger charge is 2.13. The molecule has 0 unspecified atom stereocenters. The first-order valence-corrected chi connectivity index (χ1v) is 7.28. The Balaban J connectivity index is 0.00000361. The highest BCUT2D eigenvalue weighted by Crippen LogP contribution is 2.29. The van der Waals surface area contributed by atoms with Crippen molar-refractivity contribution >= 4 is 7.85 Å². The third kappa shape index (κ3) is 3.56. The molecule has 0 nitrogen and oxygen atoms in total. The molecule has 0 saturated carbocycles. The number of benzene rings is 1. The van der Waals surface area contributed by atoms with Crippen LogP contribution in [0.3, 0.4) is 0 Å². The van der Waals surface area contributed by atoms with Crippen molar-refractivity contribution in [2.24, 2.45) is 0 Å². The monoisotopic (exact) mass is 270 g/mol. The van der Waals surface area contributed by atoms with Gasteiger partial charge in [-0.2, -0.15) is 0 Å². The summed E-state index contributed by atoms with van der Waals surface area (Å²) in [5.41, 5.74) is 11.6. The minimum absolute atomic E-state index is 0. The fourth-order valence-electron chi connectivity index (χ4n) is 2.85. The van der Waals surface area contributed by atoms with Gasteiger partial charge in [0.2, 0.25) is 0 Å². The van der Waals surface area contributed by atoms with E-state index in [-0.39, 0.29) is 7.43 Å². The minimum Gasteiger partial charge on any atom is -0.0798 e. The van der Waals surface area contributed by atoms with Gasteiger partial charge in [-0.15, -0.1) is 0 Å². The van der Waals surface area contributed by atoms with E-state index >= 15 is 0 Å². The van der Waals surface area contributed by atoms with Crippen LogP contribution < -0.4 is 0 Å². The molecule has 0 fully saturated rings. The highest BCUT2D eigenvalue weighted by molar-refractivity contribution is 6.10. The van der Waals surface area contributed by atoms with Crippen molar-refractivity contribution in [3.05, 3.63) is 44.5 Å². The Kier molecular flexibility index (Phi) is 7.34. The zero-order valence-corrected chi connectivity index (χ0v) is 13.7. The smallest absolute Gasteiger partial charge is 0.0712 e. The van der Waals surface area contributed by atoms with Gasteiger partial charge in [0.25, 0.3) is 0 Å². The maximum atomic E-state index is 5.84. The largest absolute Gasteiger partial charge is 0.0798 e. The summed E-state index contributed by atoms with van der Waals surface area (Å²) in [4.78, 5) is 0. The van der Waals surface area contributed by atoms with Gasteiger partial charge in [0.1, 0.15) is 0 Å². The van der Waals surface area contributed by atoms with E-state index < -0.39 is 0 Å². The van der Waals surface area contributed by atoms with Gasteiger partial charge in [0.05, 0.1) is 7.85 Å². The molecule has 2 radical (unpaired) electrons. The van der Waals surface area contributed by atoms with E-state index in [0.717, 1.165) is 12.8 Å². The number of hydrogen-bond donors (Lipinski definition) is 0. The summed E-state index contributed by atoms with van der Waals surface area (Å²) in [5.74, 6) is 0. The van der Waals surface area contributed by atoms with Gasteiger partial charge in [-0.3, -0.25) is 0 Å². The number of rotatable bonds is 4. The van der Waals surface area contributed by atoms with E-state index in [1.165, 1.54) is 44.5 Å². The van der Waals surface area contributed by atoms with Gasteiger partial charge >= 0.3 is 0 Å². The SMILES string of the molecule is C.[B]C/C(CC)=C(/C)Cc1c(C)c(C)c(C)c(C)c1C. The molecule has 0 heterocycles. The van der Waals surface area contributed by atoms with E-state index in [1.807, 2.05) is 0 Å². The van der Waals surface area contributed by atoms with Crippen molar-refractivity contribution < 1.29 is 0 Å². The Labute approximate surface area is 128 Å². The molecule has 0 amide bonds. The summed E-state index contributed by atoms with van der Waals surface area (Å²) in [6, 6.07) is 0. The molecule has 1 heteroatoms. The quantitative estimate of drug-likeness (QED) is 0.485. The lowest BCUT2D eigenvalue weighted by molar-refractivity contribution is 0.978. The van der Waals surface area contributed by atoms with Crippen molar-refractivity contribution in [2.75, 3.05) is 0 Å². The Morgan fingerprint density at radius 1 is 0.850 bits per heavy atom. The number of hydrogen-bond acceptors (Lipinski definition) is 0. The topological polar surface area (TPSA) is 0 Å². The average molecular weight is 270 g/mol. The second kappa shape index (κ2) is 7.71. The standard InChI is InChI=1S/C18H27B.CH4/c1-8-17(10-19)11(2)9-18-15(6)13(4)12(3)14(5)16(18)7;/h8-10H2,1-7H3;1H4/b17-11-;. The molecule has 1 aromatic rings. The van der Waals surface area contributed by atoms with E-state index in [9.17, 15) is 0 Å². The van der Waals surface area contributed by atoms with E-state index in [4.69, 9.17) is 7.85 Å². The molecule has 0 aliphatic rings. The van der Waals surface area contributed by atoms with Gasteiger partial charge in [-0.05, 0) is 87.8 Å². The molecule has 20 heavy (non-hydrogen) atoms. The van der Waals surface area contributed by atoms with E-state index in [0.29, 0.717) is 6.32 Å². The maximum absolute atomic E-state index is 5.84. The molecule has 110 valence electrons. The van der Waals surface area contributed by atoms with Gasteiger partial charge < -0.3 is 0 Å². The van der Waals surface area contributed by atoms with Crippen molar-refractivity contribution in [3.63, 3.8) is 0 Å². The molecule has 0 bridgehead atoms. The predicted octanol–water partition coefficient (Wildman–Crippen LogP) is 5.72. The van der Waals surface area contributed by atoms with E-state index in [2.05, 4.69) is 48.5 Å². The summed E-state index contributed by atoms with van der Waals surface area (Å²) in [7, 11) is 5.84. The zero-order chi connectivity index (χ0) is 14.7. The van der Waals surface area contributed by atoms with Crippen LogP contribution >= 0.6 is 0 Å². The first-order valence-electron chi connectivity index (χ1n) is 7.28. The van der Waals surface area contributed by atoms with Gasteiger partial charge in [-0.1, -0.05) is 31.8 Å². The van der Waals surface area contributed by atoms with Crippen LogP contribution in [-0.4, -0.2) is 7.85 Å². The van der Waals surface area contributed by atoms with Gasteiger partial charge in [-0.25, -0.2) is 0 Å². The Bertz CT molecular complexity index is 472. The van der Waals surface area contributed by atoms with Crippen LogP contribution in [0.25, 0.3) is 0 Å². The first kappa shape index (κ1) is 19.0. The van der Waals surface area contributed by atoms with Crippen LogP contribution in [-0.2, 0) is 6.42 Å². The third-order valence-corrected chi connectivity index (χ3v) is 4.87. The predicted molar refractivity (Wildman–Crippen MR) is 94.1 cm³/mol. The van der Waals surface area contributed by atoms with Gasteiger partial charge in [0, 0.05) is 0 Å². The molecule has 1 rings (SSSR count). The Morgan fingerprint density at radius 3 is 1.60 bits per heavy atom. The molecule has 0 saturated heterocycles. The molecular weight excluding hydrogens is 239 g/mol. The first-order chi connectivity index (χ1) is 8.84. The van der Waals surface area contributed by atoms with Crippen LogP contribution in [0.15, 0.2) is 11.1 Å². The summed E-state index contributed by atoms with van der Waals surface area (Å²) >= 11 is 0. The molecule has 0 aliphatic carbocycles. The highest BCUT2D eigenvalue weighted by atomic mass is 14.2. The van der Waals surface area contributed by atoms with Crippen molar-refractivity contribution in [1.82, 2.24) is 0 Å². The summed E-state index contributed by atoms with van der Waals surface area (Å²) < 4.78 is 0. The maximum Gasteiger partial charge on any atom is 0.0712 e. The van der Waals surface area contributed by atoms with Crippen molar-refractivity contribution in [2.45, 2.75) is 75.1 Å². The fraction of sp³-hybridized carbons (Fsp3) is 0.579. The fourth-order valence-corrected chi connectivity index (χ4v) is 2.85. The third-order valence-electron chi connectivity index (χ3n) is 4.87. The summed E-state index contributed by atoms with van der Waals surface area (Å²) in [5, 5.41) is 0. The normalized spacial score (nSPS) is 11.9.